The van der Waals surface area contributed by atoms with E-state index in [1.807, 2.05) is 0 Å². The fraction of sp³-hybridized carbons (Fsp3) is 0.167. The van der Waals surface area contributed by atoms with Crippen molar-refractivity contribution in [3.63, 3.8) is 0 Å². The van der Waals surface area contributed by atoms with Crippen molar-refractivity contribution in [2.24, 2.45) is 0 Å². The summed E-state index contributed by atoms with van der Waals surface area (Å²) >= 11 is 0. The molecule has 10 heteroatoms. The van der Waals surface area contributed by atoms with Gasteiger partial charge in [0.25, 0.3) is 11.8 Å². The minimum Gasteiger partial charge on any atom is -0.383 e. The monoisotopic (exact) mass is 404 g/mol. The molecule has 1 N–H and O–H groups in total. The van der Waals surface area contributed by atoms with Gasteiger partial charge in [0.15, 0.2) is 0 Å². The van der Waals surface area contributed by atoms with E-state index >= 15 is 0 Å². The first-order chi connectivity index (χ1) is 13.3. The zero-order valence-electron chi connectivity index (χ0n) is 14.7. The van der Waals surface area contributed by atoms with E-state index in [4.69, 9.17) is 9.57 Å². The Morgan fingerprint density at radius 3 is 2.29 bits per heavy atom. The molecule has 0 fully saturated rings. The molecule has 0 radical (unpaired) electrons. The Hall–Kier alpha value is -3.08. The number of imide groups is 1. The molecule has 9 nitrogen and oxygen atoms in total. The lowest BCUT2D eigenvalue weighted by Gasteiger charge is -2.13. The van der Waals surface area contributed by atoms with Crippen molar-refractivity contribution in [2.45, 2.75) is 4.90 Å². The van der Waals surface area contributed by atoms with Crippen LogP contribution in [0.15, 0.2) is 53.4 Å². The van der Waals surface area contributed by atoms with Crippen LogP contribution in [0.3, 0.4) is 0 Å². The van der Waals surface area contributed by atoms with Crippen LogP contribution in [0.4, 0.5) is 0 Å². The van der Waals surface area contributed by atoms with E-state index in [0.717, 1.165) is 6.07 Å². The van der Waals surface area contributed by atoms with Crippen molar-refractivity contribution in [1.82, 2.24) is 9.79 Å². The van der Waals surface area contributed by atoms with Gasteiger partial charge in [-0.05, 0) is 30.3 Å². The molecule has 0 aromatic heterocycles. The van der Waals surface area contributed by atoms with Crippen LogP contribution in [0.25, 0.3) is 0 Å². The molecular formula is C18H16N2O7S. The van der Waals surface area contributed by atoms with Gasteiger partial charge in [-0.1, -0.05) is 23.3 Å². The Labute approximate surface area is 160 Å². The average molecular weight is 404 g/mol. The first kappa shape index (κ1) is 19.7. The maximum atomic E-state index is 12.4. The molecule has 1 aliphatic heterocycles. The van der Waals surface area contributed by atoms with Gasteiger partial charge < -0.3 is 9.57 Å². The molecular weight excluding hydrogens is 388 g/mol. The molecule has 0 spiro atoms. The number of methoxy groups -OCH3 is 1. The highest BCUT2D eigenvalue weighted by Gasteiger charge is 2.38. The van der Waals surface area contributed by atoms with Gasteiger partial charge in [0, 0.05) is 13.7 Å². The molecule has 1 heterocycles. The lowest BCUT2D eigenvalue weighted by atomic mass is 10.1. The number of hydrogen-bond donors (Lipinski definition) is 1. The summed E-state index contributed by atoms with van der Waals surface area (Å²) in [5, 5.41) is 0.366. The highest BCUT2D eigenvalue weighted by atomic mass is 32.2. The lowest BCUT2D eigenvalue weighted by molar-refractivity contribution is -0.0584. The fourth-order valence-corrected chi connectivity index (χ4v) is 3.60. The third-order valence-electron chi connectivity index (χ3n) is 3.91. The molecule has 0 aliphatic carbocycles. The molecule has 146 valence electrons. The molecule has 0 bridgehead atoms. The average Bonchev–Trinajstić information content (AvgIpc) is 2.93. The highest BCUT2D eigenvalue weighted by molar-refractivity contribution is 7.89. The van der Waals surface area contributed by atoms with Crippen LogP contribution < -0.4 is 4.72 Å². The lowest BCUT2D eigenvalue weighted by Crippen LogP contribution is -2.32. The maximum absolute atomic E-state index is 12.4. The summed E-state index contributed by atoms with van der Waals surface area (Å²) in [6.45, 7) is 0.239. The number of nitrogens with zero attached hydrogens (tertiary/aromatic N) is 1. The van der Waals surface area contributed by atoms with Crippen LogP contribution in [-0.2, 0) is 19.6 Å². The summed E-state index contributed by atoms with van der Waals surface area (Å²) in [4.78, 5) is 41.7. The normalized spacial score (nSPS) is 13.5. The number of ether oxygens (including phenoxy) is 1. The van der Waals surface area contributed by atoms with E-state index in [-0.39, 0.29) is 34.7 Å². The van der Waals surface area contributed by atoms with Gasteiger partial charge in [0.1, 0.15) is 0 Å². The number of rotatable bonds is 7. The van der Waals surface area contributed by atoms with E-state index in [9.17, 15) is 22.8 Å². The third kappa shape index (κ3) is 3.79. The number of carbonyl (C=O) groups is 3. The Bertz CT molecular complexity index is 1010. The maximum Gasteiger partial charge on any atom is 0.363 e. The van der Waals surface area contributed by atoms with Crippen LogP contribution in [-0.4, -0.2) is 51.5 Å². The number of carbonyl (C=O) groups excluding carboxylic acids is 3. The number of nitrogens with one attached hydrogen (secondary N) is 1. The van der Waals surface area contributed by atoms with Crippen molar-refractivity contribution in [2.75, 3.05) is 20.3 Å². The molecule has 0 saturated heterocycles. The van der Waals surface area contributed by atoms with Gasteiger partial charge >= 0.3 is 5.97 Å². The van der Waals surface area contributed by atoms with Gasteiger partial charge in [-0.3, -0.25) is 9.59 Å². The summed E-state index contributed by atoms with van der Waals surface area (Å²) in [6.07, 6.45) is 0. The summed E-state index contributed by atoms with van der Waals surface area (Å²) in [5.41, 5.74) is 0.115. The van der Waals surface area contributed by atoms with Gasteiger partial charge in [-0.2, -0.15) is 0 Å². The zero-order chi connectivity index (χ0) is 20.3. The van der Waals surface area contributed by atoms with E-state index < -0.39 is 27.8 Å². The van der Waals surface area contributed by atoms with Crippen LogP contribution >= 0.6 is 0 Å². The first-order valence-electron chi connectivity index (χ1n) is 8.14. The molecule has 0 unspecified atom stereocenters. The molecule has 0 atom stereocenters. The van der Waals surface area contributed by atoms with Gasteiger partial charge in [0.2, 0.25) is 10.0 Å². The summed E-state index contributed by atoms with van der Waals surface area (Å²) in [5.74, 6) is -2.57. The number of benzene rings is 2. The van der Waals surface area contributed by atoms with E-state index in [0.29, 0.717) is 5.06 Å². The van der Waals surface area contributed by atoms with Crippen LogP contribution in [0.1, 0.15) is 31.1 Å². The second kappa shape index (κ2) is 7.89. The van der Waals surface area contributed by atoms with Crippen molar-refractivity contribution in [3.05, 3.63) is 65.2 Å². The quantitative estimate of drug-likeness (QED) is 0.540. The summed E-state index contributed by atoms with van der Waals surface area (Å²) < 4.78 is 31.6. The molecule has 2 amide bonds. The Morgan fingerprint density at radius 2 is 1.68 bits per heavy atom. The van der Waals surface area contributed by atoms with Crippen molar-refractivity contribution in [1.29, 1.82) is 0 Å². The Morgan fingerprint density at radius 1 is 1.04 bits per heavy atom. The minimum atomic E-state index is -3.87. The number of hydrogen-bond acceptors (Lipinski definition) is 7. The second-order valence-corrected chi connectivity index (χ2v) is 7.51. The predicted octanol–water partition coefficient (Wildman–Crippen LogP) is 0.979. The SMILES string of the molecule is COCCNS(=O)(=O)c1cccc(C(=O)ON2C(=O)c3ccccc3C2=O)c1. The van der Waals surface area contributed by atoms with E-state index in [1.54, 1.807) is 12.1 Å². The zero-order valence-corrected chi connectivity index (χ0v) is 15.6. The molecule has 28 heavy (non-hydrogen) atoms. The fourth-order valence-electron chi connectivity index (χ4n) is 2.54. The smallest absolute Gasteiger partial charge is 0.363 e. The third-order valence-corrected chi connectivity index (χ3v) is 5.37. The standard InChI is InChI=1S/C18H16N2O7S/c1-26-10-9-19-28(24,25)13-6-4-5-12(11-13)18(23)27-20-16(21)14-7-2-3-8-15(14)17(20)22/h2-8,11,19H,9-10H2,1H3. The predicted molar refractivity (Wildman–Crippen MR) is 95.9 cm³/mol. The number of sulfonamides is 1. The number of hydroxylamine groups is 2. The summed E-state index contributed by atoms with van der Waals surface area (Å²) in [7, 11) is -2.43. The van der Waals surface area contributed by atoms with Crippen LogP contribution in [0.2, 0.25) is 0 Å². The first-order valence-corrected chi connectivity index (χ1v) is 9.62. The van der Waals surface area contributed by atoms with Crippen LogP contribution in [0.5, 0.6) is 0 Å². The molecule has 3 rings (SSSR count). The Balaban J connectivity index is 1.78. The topological polar surface area (TPSA) is 119 Å². The van der Waals surface area contributed by atoms with Crippen LogP contribution in [0, 0.1) is 0 Å². The van der Waals surface area contributed by atoms with Gasteiger partial charge in [-0.15, -0.1) is 0 Å². The van der Waals surface area contributed by atoms with Crippen molar-refractivity contribution in [3.8, 4) is 0 Å². The largest absolute Gasteiger partial charge is 0.383 e. The number of fused-ring (bicyclic) bond motifs is 1. The number of amides is 2. The summed E-state index contributed by atoms with van der Waals surface area (Å²) in [6, 6.07) is 11.1. The molecule has 2 aromatic carbocycles. The van der Waals surface area contributed by atoms with Gasteiger partial charge in [-0.25, -0.2) is 17.9 Å². The van der Waals surface area contributed by atoms with Crippen molar-refractivity contribution < 1.29 is 32.4 Å². The molecule has 2 aromatic rings. The second-order valence-electron chi connectivity index (χ2n) is 5.75. The molecule has 0 saturated carbocycles. The molecule has 1 aliphatic rings. The van der Waals surface area contributed by atoms with E-state index in [2.05, 4.69) is 4.72 Å². The van der Waals surface area contributed by atoms with E-state index in [1.165, 1.54) is 37.4 Å². The minimum absolute atomic E-state index is 0.0581. The van der Waals surface area contributed by atoms with Gasteiger partial charge in [0.05, 0.1) is 28.2 Å². The van der Waals surface area contributed by atoms with Crippen molar-refractivity contribution >= 4 is 27.8 Å². The highest BCUT2D eigenvalue weighted by Crippen LogP contribution is 2.23. The Kier molecular flexibility index (Phi) is 5.54.